The summed E-state index contributed by atoms with van der Waals surface area (Å²) < 4.78 is 47.1. The van der Waals surface area contributed by atoms with Gasteiger partial charge in [0.15, 0.2) is 23.9 Å². The van der Waals surface area contributed by atoms with Gasteiger partial charge in [0.25, 0.3) is 0 Å². The molecule has 0 aliphatic carbocycles. The molecular weight excluding hydrogens is 340 g/mol. The Bertz CT molecular complexity index is 655. The van der Waals surface area contributed by atoms with Crippen LogP contribution in [0.25, 0.3) is 0 Å². The van der Waals surface area contributed by atoms with Crippen molar-refractivity contribution in [1.29, 1.82) is 0 Å². The minimum Gasteiger partial charge on any atom is -0.223 e. The van der Waals surface area contributed by atoms with Gasteiger partial charge in [-0.25, -0.2) is 16.8 Å². The average Bonchev–Trinajstić information content (AvgIpc) is 2.39. The van der Waals surface area contributed by atoms with Crippen LogP contribution in [0, 0.1) is 0 Å². The Morgan fingerprint density at radius 1 is 1.00 bits per heavy atom. The van der Waals surface area contributed by atoms with Gasteiger partial charge in [-0.3, -0.25) is 0 Å². The van der Waals surface area contributed by atoms with E-state index in [2.05, 4.69) is 0 Å². The first kappa shape index (κ1) is 17.6. The first-order valence-electron chi connectivity index (χ1n) is 5.82. The molecule has 1 aromatic carbocycles. The topological polar surface area (TPSA) is 68.3 Å². The molecule has 1 aromatic rings. The van der Waals surface area contributed by atoms with E-state index in [1.54, 1.807) is 30.3 Å². The minimum absolute atomic E-state index is 0.236. The molecule has 0 radical (unpaired) electrons. The van der Waals surface area contributed by atoms with Crippen molar-refractivity contribution in [2.45, 2.75) is 18.7 Å². The fraction of sp³-hybridized carbons (Fsp3) is 0.333. The number of sulfone groups is 2. The predicted molar refractivity (Wildman–Crippen MR) is 84.1 cm³/mol. The largest absolute Gasteiger partial charge is 0.223 e. The molecule has 1 rings (SSSR count). The SMILES string of the molecule is CCS(=O)(=O)C(=C(Cl)Sc1ccccc1)S(=O)(=O)CC. The normalized spacial score (nSPS) is 12.2. The van der Waals surface area contributed by atoms with Crippen LogP contribution in [0.3, 0.4) is 0 Å². The average molecular weight is 355 g/mol. The van der Waals surface area contributed by atoms with Crippen LogP contribution in [-0.2, 0) is 19.7 Å². The Morgan fingerprint density at radius 2 is 1.45 bits per heavy atom. The Labute approximate surface area is 129 Å². The molecule has 20 heavy (non-hydrogen) atoms. The number of benzene rings is 1. The molecule has 0 aliphatic heterocycles. The minimum atomic E-state index is -3.91. The van der Waals surface area contributed by atoms with Gasteiger partial charge in [-0.15, -0.1) is 0 Å². The summed E-state index contributed by atoms with van der Waals surface area (Å²) in [5, 5.41) is 0. The zero-order valence-corrected chi connectivity index (χ0v) is 14.2. The van der Waals surface area contributed by atoms with Gasteiger partial charge in [-0.05, 0) is 12.1 Å². The molecule has 8 heteroatoms. The fourth-order valence-electron chi connectivity index (χ4n) is 1.33. The maximum Gasteiger partial charge on any atom is 0.191 e. The molecule has 0 aromatic heterocycles. The lowest BCUT2D eigenvalue weighted by atomic mass is 10.4. The monoisotopic (exact) mass is 354 g/mol. The summed E-state index contributed by atoms with van der Waals surface area (Å²) in [4.78, 5) is 0.674. The van der Waals surface area contributed by atoms with Crippen LogP contribution in [0.5, 0.6) is 0 Å². The molecule has 0 atom stereocenters. The number of halogens is 1. The van der Waals surface area contributed by atoms with Gasteiger partial charge in [-0.2, -0.15) is 0 Å². The van der Waals surface area contributed by atoms with Crippen LogP contribution >= 0.6 is 23.4 Å². The molecule has 0 unspecified atom stereocenters. The van der Waals surface area contributed by atoms with Crippen molar-refractivity contribution in [2.75, 3.05) is 11.5 Å². The van der Waals surface area contributed by atoms with E-state index < -0.39 is 23.9 Å². The Kier molecular flexibility index (Phi) is 6.12. The number of rotatable bonds is 6. The van der Waals surface area contributed by atoms with E-state index in [0.29, 0.717) is 4.90 Å². The number of thioether (sulfide) groups is 1. The van der Waals surface area contributed by atoms with Crippen molar-refractivity contribution < 1.29 is 16.8 Å². The maximum atomic E-state index is 12.0. The van der Waals surface area contributed by atoms with Crippen molar-refractivity contribution in [3.05, 3.63) is 38.9 Å². The fourth-order valence-corrected chi connectivity index (χ4v) is 7.17. The first-order valence-corrected chi connectivity index (χ1v) is 10.3. The lowest BCUT2D eigenvalue weighted by molar-refractivity contribution is 0.596. The molecular formula is C12H15ClO4S3. The summed E-state index contributed by atoms with van der Waals surface area (Å²) in [6, 6.07) is 8.77. The Balaban J connectivity index is 3.40. The van der Waals surface area contributed by atoms with Crippen molar-refractivity contribution >= 4 is 43.0 Å². The van der Waals surface area contributed by atoms with E-state index in [9.17, 15) is 16.8 Å². The van der Waals surface area contributed by atoms with Gasteiger partial charge in [0.1, 0.15) is 4.36 Å². The predicted octanol–water partition coefficient (Wildman–Crippen LogP) is 3.01. The summed E-state index contributed by atoms with van der Waals surface area (Å²) in [6.07, 6.45) is 0. The van der Waals surface area contributed by atoms with Crippen molar-refractivity contribution in [2.24, 2.45) is 0 Å². The third-order valence-corrected chi connectivity index (χ3v) is 8.81. The third-order valence-electron chi connectivity index (χ3n) is 2.44. The Morgan fingerprint density at radius 3 is 1.85 bits per heavy atom. The highest BCUT2D eigenvalue weighted by Crippen LogP contribution is 2.36. The van der Waals surface area contributed by atoms with Crippen LogP contribution in [-0.4, -0.2) is 28.3 Å². The molecule has 0 spiro atoms. The summed E-state index contributed by atoms with van der Waals surface area (Å²) >= 11 is 6.92. The molecule has 112 valence electrons. The van der Waals surface area contributed by atoms with Crippen LogP contribution in [0.4, 0.5) is 0 Å². The summed E-state index contributed by atoms with van der Waals surface area (Å²) in [5.41, 5.74) is 0. The van der Waals surface area contributed by atoms with Gasteiger partial charge in [0.2, 0.25) is 0 Å². The van der Waals surface area contributed by atoms with Crippen LogP contribution in [0.1, 0.15) is 13.8 Å². The highest BCUT2D eigenvalue weighted by atomic mass is 35.5. The smallest absolute Gasteiger partial charge is 0.191 e. The van der Waals surface area contributed by atoms with E-state index >= 15 is 0 Å². The van der Waals surface area contributed by atoms with Gasteiger partial charge >= 0.3 is 0 Å². The molecule has 0 saturated carbocycles. The zero-order chi connectivity index (χ0) is 15.4. The van der Waals surface area contributed by atoms with Crippen molar-refractivity contribution in [3.63, 3.8) is 0 Å². The van der Waals surface area contributed by atoms with Gasteiger partial charge in [0, 0.05) is 4.90 Å². The summed E-state index contributed by atoms with van der Waals surface area (Å²) in [7, 11) is -7.82. The summed E-state index contributed by atoms with van der Waals surface area (Å²) in [6.45, 7) is 2.77. The number of hydrogen-bond donors (Lipinski definition) is 0. The van der Waals surface area contributed by atoms with E-state index in [4.69, 9.17) is 11.6 Å². The van der Waals surface area contributed by atoms with Gasteiger partial charge in [0.05, 0.1) is 11.5 Å². The Hall–Kier alpha value is -0.500. The van der Waals surface area contributed by atoms with Crippen LogP contribution in [0.15, 0.2) is 43.8 Å². The highest BCUT2D eigenvalue weighted by molar-refractivity contribution is 8.16. The summed E-state index contributed by atoms with van der Waals surface area (Å²) in [5.74, 6) is -0.625. The lowest BCUT2D eigenvalue weighted by Crippen LogP contribution is -2.18. The van der Waals surface area contributed by atoms with E-state index in [0.717, 1.165) is 11.8 Å². The standard InChI is InChI=1S/C12H15ClO4S3/c1-3-19(14,15)12(20(16,17)4-2)11(13)18-10-8-6-5-7-9-10/h5-9H,3-4H2,1-2H3. The molecule has 0 aliphatic rings. The second-order valence-corrected chi connectivity index (χ2v) is 10.2. The molecule has 0 N–H and O–H groups in total. The third kappa shape index (κ3) is 4.25. The highest BCUT2D eigenvalue weighted by Gasteiger charge is 2.31. The van der Waals surface area contributed by atoms with Crippen molar-refractivity contribution in [1.82, 2.24) is 0 Å². The quantitative estimate of drug-likeness (QED) is 0.734. The van der Waals surface area contributed by atoms with Crippen molar-refractivity contribution in [3.8, 4) is 0 Å². The molecule has 4 nitrogen and oxygen atoms in total. The molecule has 0 amide bonds. The van der Waals surface area contributed by atoms with E-state index in [1.165, 1.54) is 13.8 Å². The van der Waals surface area contributed by atoms with Crippen LogP contribution < -0.4 is 0 Å². The van der Waals surface area contributed by atoms with Gasteiger partial charge in [-0.1, -0.05) is 55.4 Å². The molecule has 0 bridgehead atoms. The number of hydrogen-bond acceptors (Lipinski definition) is 5. The van der Waals surface area contributed by atoms with Gasteiger partial charge < -0.3 is 0 Å². The molecule has 0 saturated heterocycles. The molecule has 0 fully saturated rings. The second-order valence-electron chi connectivity index (χ2n) is 3.78. The second kappa shape index (κ2) is 6.98. The van der Waals surface area contributed by atoms with Crippen LogP contribution in [0.2, 0.25) is 0 Å². The molecule has 0 heterocycles. The lowest BCUT2D eigenvalue weighted by Gasteiger charge is -2.10. The van der Waals surface area contributed by atoms with E-state index in [-0.39, 0.29) is 15.9 Å². The maximum absolute atomic E-state index is 12.0. The first-order chi connectivity index (χ1) is 9.24. The van der Waals surface area contributed by atoms with E-state index in [1.807, 2.05) is 0 Å². The zero-order valence-electron chi connectivity index (χ0n) is 11.0.